The number of sulfonamides is 1. The van der Waals surface area contributed by atoms with Crippen LogP contribution in [0.4, 0.5) is 5.69 Å². The fourth-order valence-corrected chi connectivity index (χ4v) is 4.16. The van der Waals surface area contributed by atoms with Gasteiger partial charge in [-0.1, -0.05) is 24.3 Å². The molecule has 0 N–H and O–H groups in total. The summed E-state index contributed by atoms with van der Waals surface area (Å²) in [6.45, 7) is 2.60. The molecular formula is C19H21N3O4S. The highest BCUT2D eigenvalue weighted by Crippen LogP contribution is 2.23. The molecule has 7 nitrogen and oxygen atoms in total. The van der Waals surface area contributed by atoms with Crippen LogP contribution in [0.2, 0.25) is 0 Å². The van der Waals surface area contributed by atoms with Gasteiger partial charge in [0.15, 0.2) is 0 Å². The van der Waals surface area contributed by atoms with Crippen LogP contribution in [0, 0.1) is 0 Å². The minimum Gasteiger partial charge on any atom is -0.324 e. The molecule has 1 heterocycles. The standard InChI is InChI=1S/C19H21N3O4S/c1-3-21-14-22(13-18(21)23)19(24)15-8-7-11-17(12-15)27(25,26)20(2)16-9-5-4-6-10-16/h4-12H,3,13-14H2,1-2H3. The Morgan fingerprint density at radius 1 is 1.11 bits per heavy atom. The van der Waals surface area contributed by atoms with E-state index in [0.717, 1.165) is 0 Å². The molecule has 27 heavy (non-hydrogen) atoms. The van der Waals surface area contributed by atoms with Gasteiger partial charge in [0, 0.05) is 19.2 Å². The zero-order valence-electron chi connectivity index (χ0n) is 15.2. The molecule has 1 saturated heterocycles. The van der Waals surface area contributed by atoms with Crippen LogP contribution in [0.3, 0.4) is 0 Å². The molecule has 0 unspecified atom stereocenters. The lowest BCUT2D eigenvalue weighted by Crippen LogP contribution is -2.31. The van der Waals surface area contributed by atoms with E-state index in [4.69, 9.17) is 0 Å². The number of hydrogen-bond acceptors (Lipinski definition) is 4. The molecule has 142 valence electrons. The van der Waals surface area contributed by atoms with Crippen molar-refractivity contribution in [3.63, 3.8) is 0 Å². The molecule has 0 spiro atoms. The van der Waals surface area contributed by atoms with Gasteiger partial charge in [0.2, 0.25) is 5.91 Å². The highest BCUT2D eigenvalue weighted by molar-refractivity contribution is 7.92. The third-order valence-corrected chi connectivity index (χ3v) is 6.33. The number of hydrogen-bond donors (Lipinski definition) is 0. The van der Waals surface area contributed by atoms with Crippen molar-refractivity contribution in [3.8, 4) is 0 Å². The molecule has 1 aliphatic heterocycles. The maximum atomic E-state index is 12.9. The van der Waals surface area contributed by atoms with E-state index in [0.29, 0.717) is 12.2 Å². The second kappa shape index (κ2) is 7.40. The summed E-state index contributed by atoms with van der Waals surface area (Å²) in [7, 11) is -2.34. The fourth-order valence-electron chi connectivity index (χ4n) is 2.92. The van der Waals surface area contributed by atoms with Crippen LogP contribution in [-0.2, 0) is 14.8 Å². The Labute approximate surface area is 158 Å². The average Bonchev–Trinajstić information content (AvgIpc) is 3.08. The Bertz CT molecular complexity index is 960. The topological polar surface area (TPSA) is 78.0 Å². The van der Waals surface area contributed by atoms with Crippen LogP contribution in [0.1, 0.15) is 17.3 Å². The predicted octanol–water partition coefficient (Wildman–Crippen LogP) is 1.77. The number of likely N-dealkylation sites (N-methyl/N-ethyl adjacent to an activating group) is 1. The highest BCUT2D eigenvalue weighted by Gasteiger charge is 2.31. The number of carbonyl (C=O) groups excluding carboxylic acids is 2. The number of benzene rings is 2. The van der Waals surface area contributed by atoms with Gasteiger partial charge in [0.05, 0.1) is 17.3 Å². The molecule has 0 bridgehead atoms. The Balaban J connectivity index is 1.87. The third kappa shape index (κ3) is 3.66. The molecule has 3 rings (SSSR count). The number of anilines is 1. The van der Waals surface area contributed by atoms with Crippen LogP contribution < -0.4 is 4.31 Å². The van der Waals surface area contributed by atoms with Crippen molar-refractivity contribution in [3.05, 3.63) is 60.2 Å². The van der Waals surface area contributed by atoms with E-state index >= 15 is 0 Å². The first-order chi connectivity index (χ1) is 12.8. The summed E-state index contributed by atoms with van der Waals surface area (Å²) >= 11 is 0. The van der Waals surface area contributed by atoms with Gasteiger partial charge in [-0.15, -0.1) is 0 Å². The van der Waals surface area contributed by atoms with Crippen molar-refractivity contribution in [2.24, 2.45) is 0 Å². The quantitative estimate of drug-likeness (QED) is 0.783. The van der Waals surface area contributed by atoms with Crippen LogP contribution in [0.25, 0.3) is 0 Å². The first-order valence-electron chi connectivity index (χ1n) is 8.55. The van der Waals surface area contributed by atoms with E-state index in [1.807, 2.05) is 6.92 Å². The summed E-state index contributed by atoms with van der Waals surface area (Å²) in [5, 5.41) is 0. The van der Waals surface area contributed by atoms with E-state index in [2.05, 4.69) is 0 Å². The smallest absolute Gasteiger partial charge is 0.264 e. The first kappa shape index (κ1) is 18.9. The van der Waals surface area contributed by atoms with Gasteiger partial charge in [-0.2, -0.15) is 0 Å². The van der Waals surface area contributed by atoms with Crippen molar-refractivity contribution in [1.82, 2.24) is 9.80 Å². The second-order valence-electron chi connectivity index (χ2n) is 6.23. The molecule has 1 aliphatic rings. The average molecular weight is 387 g/mol. The number of carbonyl (C=O) groups is 2. The highest BCUT2D eigenvalue weighted by atomic mass is 32.2. The van der Waals surface area contributed by atoms with Gasteiger partial charge in [0.1, 0.15) is 6.54 Å². The fraction of sp³-hybridized carbons (Fsp3) is 0.263. The Morgan fingerprint density at radius 2 is 1.81 bits per heavy atom. The first-order valence-corrected chi connectivity index (χ1v) is 9.99. The summed E-state index contributed by atoms with van der Waals surface area (Å²) in [5.41, 5.74) is 0.765. The predicted molar refractivity (Wildman–Crippen MR) is 102 cm³/mol. The molecule has 8 heteroatoms. The molecule has 0 saturated carbocycles. The van der Waals surface area contributed by atoms with Crippen molar-refractivity contribution < 1.29 is 18.0 Å². The van der Waals surface area contributed by atoms with Crippen molar-refractivity contribution in [2.45, 2.75) is 11.8 Å². The van der Waals surface area contributed by atoms with Crippen LogP contribution in [-0.4, -0.2) is 56.8 Å². The Morgan fingerprint density at radius 3 is 2.44 bits per heavy atom. The van der Waals surface area contributed by atoms with Crippen molar-refractivity contribution in [2.75, 3.05) is 31.1 Å². The number of nitrogens with zero attached hydrogens (tertiary/aromatic N) is 3. The molecule has 0 radical (unpaired) electrons. The molecule has 2 aromatic rings. The molecule has 1 fully saturated rings. The maximum Gasteiger partial charge on any atom is 0.264 e. The van der Waals surface area contributed by atoms with Gasteiger partial charge in [-0.05, 0) is 37.3 Å². The summed E-state index contributed by atoms with van der Waals surface area (Å²) in [4.78, 5) is 27.6. The van der Waals surface area contributed by atoms with E-state index in [-0.39, 0.29) is 35.5 Å². The van der Waals surface area contributed by atoms with Gasteiger partial charge in [-0.3, -0.25) is 13.9 Å². The number of para-hydroxylation sites is 1. The third-order valence-electron chi connectivity index (χ3n) is 4.55. The zero-order chi connectivity index (χ0) is 19.6. The van der Waals surface area contributed by atoms with E-state index < -0.39 is 10.0 Å². The summed E-state index contributed by atoms with van der Waals surface area (Å²) in [6, 6.07) is 14.6. The van der Waals surface area contributed by atoms with Crippen molar-refractivity contribution in [1.29, 1.82) is 0 Å². The minimum atomic E-state index is -3.81. The lowest BCUT2D eigenvalue weighted by atomic mass is 10.2. The summed E-state index contributed by atoms with van der Waals surface area (Å²) < 4.78 is 27.0. The van der Waals surface area contributed by atoms with Crippen LogP contribution in [0.5, 0.6) is 0 Å². The number of rotatable bonds is 5. The lowest BCUT2D eigenvalue weighted by molar-refractivity contribution is -0.126. The molecule has 0 atom stereocenters. The molecular weight excluding hydrogens is 366 g/mol. The van der Waals surface area contributed by atoms with E-state index in [1.165, 1.54) is 34.5 Å². The van der Waals surface area contributed by atoms with Gasteiger partial charge in [-0.25, -0.2) is 8.42 Å². The normalized spacial score (nSPS) is 14.5. The van der Waals surface area contributed by atoms with Crippen LogP contribution in [0.15, 0.2) is 59.5 Å². The second-order valence-corrected chi connectivity index (χ2v) is 8.20. The van der Waals surface area contributed by atoms with E-state index in [1.54, 1.807) is 41.3 Å². The minimum absolute atomic E-state index is 0.00751. The maximum absolute atomic E-state index is 12.9. The van der Waals surface area contributed by atoms with Gasteiger partial charge >= 0.3 is 0 Å². The van der Waals surface area contributed by atoms with E-state index in [9.17, 15) is 18.0 Å². The summed E-state index contributed by atoms with van der Waals surface area (Å²) in [6.07, 6.45) is 0. The largest absolute Gasteiger partial charge is 0.324 e. The summed E-state index contributed by atoms with van der Waals surface area (Å²) in [5.74, 6) is -0.475. The van der Waals surface area contributed by atoms with Gasteiger partial charge < -0.3 is 9.80 Å². The monoisotopic (exact) mass is 387 g/mol. The Hall–Kier alpha value is -2.87. The molecule has 2 amide bonds. The Kier molecular flexibility index (Phi) is 5.18. The molecule has 0 aromatic heterocycles. The van der Waals surface area contributed by atoms with Gasteiger partial charge in [0.25, 0.3) is 15.9 Å². The molecule has 2 aromatic carbocycles. The molecule has 0 aliphatic carbocycles. The van der Waals surface area contributed by atoms with Crippen LogP contribution >= 0.6 is 0 Å². The SMILES string of the molecule is CCN1CN(C(=O)c2cccc(S(=O)(=O)N(C)c3ccccc3)c2)CC1=O. The van der Waals surface area contributed by atoms with Crippen molar-refractivity contribution >= 4 is 27.5 Å². The lowest BCUT2D eigenvalue weighted by Gasteiger charge is -2.20. The zero-order valence-corrected chi connectivity index (χ0v) is 16.0. The number of amides is 2.